The Kier molecular flexibility index (Phi) is 4.65. The number of urea groups is 1. The molecule has 162 valence electrons. The van der Waals surface area contributed by atoms with Crippen LogP contribution in [0.15, 0.2) is 36.1 Å². The van der Waals surface area contributed by atoms with Crippen molar-refractivity contribution in [1.29, 1.82) is 0 Å². The Labute approximate surface area is 180 Å². The van der Waals surface area contributed by atoms with Gasteiger partial charge in [-0.3, -0.25) is 10.1 Å². The number of aromatic nitrogens is 3. The van der Waals surface area contributed by atoms with E-state index in [4.69, 9.17) is 0 Å². The van der Waals surface area contributed by atoms with E-state index in [2.05, 4.69) is 15.4 Å². The van der Waals surface area contributed by atoms with Gasteiger partial charge in [0.15, 0.2) is 0 Å². The van der Waals surface area contributed by atoms with Crippen molar-refractivity contribution >= 4 is 33.9 Å². The molecule has 0 unspecified atom stereocenters. The van der Waals surface area contributed by atoms with Crippen LogP contribution in [0.1, 0.15) is 35.2 Å². The third-order valence-electron chi connectivity index (χ3n) is 6.18. The minimum Gasteiger partial charge on any atom is -0.337 e. The summed E-state index contributed by atoms with van der Waals surface area (Å²) in [5, 5.41) is 8.67. The molecule has 4 heterocycles. The van der Waals surface area contributed by atoms with E-state index in [1.165, 1.54) is 29.7 Å². The fraction of sp³-hybridized carbons (Fsp3) is 0.400. The largest absolute Gasteiger partial charge is 0.337 e. The number of thiazole rings is 1. The first kappa shape index (κ1) is 19.9. The molecule has 0 aromatic carbocycles. The average Bonchev–Trinajstić information content (AvgIpc) is 3.29. The number of rotatable bonds is 4. The van der Waals surface area contributed by atoms with Crippen LogP contribution in [0.25, 0.3) is 4.83 Å². The molecule has 0 radical (unpaired) electrons. The van der Waals surface area contributed by atoms with E-state index in [1.807, 2.05) is 16.5 Å². The monoisotopic (exact) mass is 446 g/mol. The molecule has 1 spiro atoms. The molecule has 31 heavy (non-hydrogen) atoms. The van der Waals surface area contributed by atoms with Gasteiger partial charge >= 0.3 is 6.03 Å². The van der Waals surface area contributed by atoms with Gasteiger partial charge in [-0.05, 0) is 25.0 Å². The molecular weight excluding hydrogens is 426 g/mol. The van der Waals surface area contributed by atoms with Crippen LogP contribution in [0.4, 0.5) is 19.4 Å². The summed E-state index contributed by atoms with van der Waals surface area (Å²) in [6.07, 6.45) is 3.66. The molecule has 1 aliphatic heterocycles. The van der Waals surface area contributed by atoms with Gasteiger partial charge in [0.2, 0.25) is 0 Å². The summed E-state index contributed by atoms with van der Waals surface area (Å²) < 4.78 is 27.3. The van der Waals surface area contributed by atoms with Crippen molar-refractivity contribution in [2.75, 3.05) is 25.5 Å². The van der Waals surface area contributed by atoms with Crippen LogP contribution in [-0.2, 0) is 0 Å². The van der Waals surface area contributed by atoms with Crippen LogP contribution >= 0.6 is 11.3 Å². The number of alkyl halides is 2. The first-order chi connectivity index (χ1) is 14.8. The maximum absolute atomic E-state index is 12.8. The Morgan fingerprint density at radius 1 is 1.35 bits per heavy atom. The molecule has 1 aliphatic carbocycles. The molecular formula is C20H20F2N6O2S. The number of amides is 3. The van der Waals surface area contributed by atoms with Gasteiger partial charge in [0, 0.05) is 54.9 Å². The minimum absolute atomic E-state index is 0.0115. The maximum Gasteiger partial charge on any atom is 0.322 e. The Hall–Kier alpha value is -3.08. The predicted octanol–water partition coefficient (Wildman–Crippen LogP) is 3.50. The third kappa shape index (κ3) is 3.42. The lowest BCUT2D eigenvalue weighted by Crippen LogP contribution is -2.67. The third-order valence-corrected chi connectivity index (χ3v) is 7.07. The lowest BCUT2D eigenvalue weighted by Gasteiger charge is -2.60. The fourth-order valence-electron chi connectivity index (χ4n) is 4.44. The Morgan fingerprint density at radius 3 is 2.87 bits per heavy atom. The van der Waals surface area contributed by atoms with Crippen LogP contribution in [0.5, 0.6) is 0 Å². The molecule has 2 fully saturated rings. The summed E-state index contributed by atoms with van der Waals surface area (Å²) in [7, 11) is 1.69. The molecule has 1 saturated carbocycles. The fourth-order valence-corrected chi connectivity index (χ4v) is 5.23. The highest BCUT2D eigenvalue weighted by Gasteiger charge is 2.55. The smallest absolute Gasteiger partial charge is 0.322 e. The molecule has 11 heteroatoms. The van der Waals surface area contributed by atoms with Crippen LogP contribution in [0.3, 0.4) is 0 Å². The van der Waals surface area contributed by atoms with Gasteiger partial charge in [0.1, 0.15) is 10.6 Å². The van der Waals surface area contributed by atoms with Gasteiger partial charge in [-0.2, -0.15) is 5.10 Å². The van der Waals surface area contributed by atoms with Crippen molar-refractivity contribution < 1.29 is 18.4 Å². The molecule has 2 aliphatic rings. The molecule has 3 aromatic rings. The van der Waals surface area contributed by atoms with E-state index in [0.29, 0.717) is 18.7 Å². The first-order valence-electron chi connectivity index (χ1n) is 9.83. The van der Waals surface area contributed by atoms with Crippen molar-refractivity contribution in [3.8, 4) is 0 Å². The van der Waals surface area contributed by atoms with Crippen LogP contribution in [-0.4, -0.2) is 62.5 Å². The number of hydrogen-bond acceptors (Lipinski definition) is 5. The van der Waals surface area contributed by atoms with Gasteiger partial charge in [0.25, 0.3) is 12.3 Å². The standard InChI is InChI=1S/C20H20F2N6O2S/c1-26(19(30)25-15-6-12(16(21)22)2-3-23-15)13-7-20(8-13)10-27(11-20)17(29)14-9-24-28-4-5-31-18(14)28/h2-6,9,13,16H,7-8,10-11H2,1H3,(H,23,25,30). The Balaban J connectivity index is 1.14. The zero-order chi connectivity index (χ0) is 21.8. The molecule has 1 N–H and O–H groups in total. The molecule has 0 atom stereocenters. The van der Waals surface area contributed by atoms with Gasteiger partial charge in [-0.1, -0.05) is 0 Å². The van der Waals surface area contributed by atoms with Crippen molar-refractivity contribution in [2.45, 2.75) is 25.3 Å². The molecule has 0 bridgehead atoms. The van der Waals surface area contributed by atoms with Gasteiger partial charge < -0.3 is 9.80 Å². The van der Waals surface area contributed by atoms with Crippen LogP contribution in [0.2, 0.25) is 0 Å². The molecule has 5 rings (SSSR count). The SMILES string of the molecule is CN(C(=O)Nc1cc(C(F)F)ccn1)C1CC2(C1)CN(C(=O)c1cnn3ccsc13)C2. The van der Waals surface area contributed by atoms with E-state index < -0.39 is 6.43 Å². The van der Waals surface area contributed by atoms with E-state index in [0.717, 1.165) is 17.7 Å². The maximum atomic E-state index is 12.8. The number of halogens is 2. The molecule has 1 saturated heterocycles. The highest BCUT2D eigenvalue weighted by molar-refractivity contribution is 7.15. The predicted molar refractivity (Wildman–Crippen MR) is 110 cm³/mol. The molecule has 8 nitrogen and oxygen atoms in total. The second-order valence-electron chi connectivity index (χ2n) is 8.25. The Morgan fingerprint density at radius 2 is 2.13 bits per heavy atom. The number of anilines is 1. The minimum atomic E-state index is -2.62. The zero-order valence-corrected chi connectivity index (χ0v) is 17.5. The number of likely N-dealkylation sites (tertiary alicyclic amines) is 1. The van der Waals surface area contributed by atoms with E-state index in [9.17, 15) is 18.4 Å². The summed E-state index contributed by atoms with van der Waals surface area (Å²) in [5.41, 5.74) is 0.480. The highest BCUT2D eigenvalue weighted by atomic mass is 32.1. The number of fused-ring (bicyclic) bond motifs is 1. The first-order valence-corrected chi connectivity index (χ1v) is 10.7. The van der Waals surface area contributed by atoms with E-state index in [-0.39, 0.29) is 34.8 Å². The second kappa shape index (κ2) is 7.26. The Bertz CT molecular complexity index is 1150. The number of nitrogens with zero attached hydrogens (tertiary/aromatic N) is 5. The summed E-state index contributed by atoms with van der Waals surface area (Å²) in [4.78, 5) is 33.4. The summed E-state index contributed by atoms with van der Waals surface area (Å²) in [6, 6.07) is 2.05. The van der Waals surface area contributed by atoms with Crippen molar-refractivity contribution in [1.82, 2.24) is 24.4 Å². The number of nitrogens with one attached hydrogen (secondary N) is 1. The molecule has 3 aromatic heterocycles. The lowest BCUT2D eigenvalue weighted by molar-refractivity contribution is -0.0787. The van der Waals surface area contributed by atoms with Gasteiger partial charge in [0.05, 0.1) is 11.8 Å². The number of hydrogen-bond donors (Lipinski definition) is 1. The van der Waals surface area contributed by atoms with E-state index in [1.54, 1.807) is 22.7 Å². The number of carbonyl (C=O) groups is 2. The van der Waals surface area contributed by atoms with Crippen molar-refractivity contribution in [2.24, 2.45) is 5.41 Å². The number of carbonyl (C=O) groups excluding carboxylic acids is 2. The topological polar surface area (TPSA) is 82.8 Å². The van der Waals surface area contributed by atoms with Crippen LogP contribution in [0, 0.1) is 5.41 Å². The summed E-state index contributed by atoms with van der Waals surface area (Å²) in [6.45, 7) is 1.33. The highest BCUT2D eigenvalue weighted by Crippen LogP contribution is 2.50. The normalized spacial score (nSPS) is 17.6. The van der Waals surface area contributed by atoms with Gasteiger partial charge in [-0.25, -0.2) is 23.1 Å². The van der Waals surface area contributed by atoms with Crippen molar-refractivity contribution in [3.05, 3.63) is 47.2 Å². The zero-order valence-electron chi connectivity index (χ0n) is 16.7. The second-order valence-corrected chi connectivity index (χ2v) is 9.14. The summed E-state index contributed by atoms with van der Waals surface area (Å²) in [5.74, 6) is 0.0905. The number of pyridine rings is 1. The molecule has 3 amide bonds. The van der Waals surface area contributed by atoms with E-state index >= 15 is 0 Å². The quantitative estimate of drug-likeness (QED) is 0.665. The van der Waals surface area contributed by atoms with Crippen molar-refractivity contribution in [3.63, 3.8) is 0 Å². The average molecular weight is 446 g/mol. The summed E-state index contributed by atoms with van der Waals surface area (Å²) >= 11 is 1.49. The van der Waals surface area contributed by atoms with Crippen LogP contribution < -0.4 is 5.32 Å². The van der Waals surface area contributed by atoms with Gasteiger partial charge in [-0.15, -0.1) is 11.3 Å². The lowest BCUT2D eigenvalue weighted by atomic mass is 9.60.